The fraction of sp³-hybridized carbons (Fsp3) is 0.389. The van der Waals surface area contributed by atoms with E-state index in [1.807, 2.05) is 13.0 Å². The normalized spacial score (nSPS) is 17.6. The number of aryl methyl sites for hydroxylation is 1. The van der Waals surface area contributed by atoms with Crippen LogP contribution < -0.4 is 10.6 Å². The largest absolute Gasteiger partial charge is 0.330 e. The minimum Gasteiger partial charge on any atom is -0.330 e. The number of Topliss-reactive ketones (excluding diaryl/α,β-unsaturated/α-hetero) is 1. The first kappa shape index (κ1) is 16.9. The average molecular weight is 314 g/mol. The first-order valence-electron chi connectivity index (χ1n) is 7.83. The fourth-order valence-electron chi connectivity index (χ4n) is 2.79. The van der Waals surface area contributed by atoms with Gasteiger partial charge in [-0.3, -0.25) is 14.4 Å². The molecule has 0 bridgehead atoms. The summed E-state index contributed by atoms with van der Waals surface area (Å²) in [4.78, 5) is 35.6. The molecule has 0 aromatic heterocycles. The fourth-order valence-corrected chi connectivity index (χ4v) is 2.79. The van der Waals surface area contributed by atoms with E-state index in [1.165, 1.54) is 6.92 Å². The van der Waals surface area contributed by atoms with Crippen molar-refractivity contribution in [2.75, 3.05) is 5.32 Å². The molecule has 1 aromatic rings. The first-order chi connectivity index (χ1) is 10.9. The molecule has 5 heteroatoms. The van der Waals surface area contributed by atoms with E-state index in [-0.39, 0.29) is 29.9 Å². The second-order valence-electron chi connectivity index (χ2n) is 5.86. The Kier molecular flexibility index (Phi) is 5.32. The number of benzene rings is 1. The molecule has 2 amide bonds. The molecule has 5 nitrogen and oxygen atoms in total. The molecule has 1 fully saturated rings. The van der Waals surface area contributed by atoms with Gasteiger partial charge in [0.1, 0.15) is 0 Å². The number of carbonyl (C=O) groups is 3. The molecule has 2 N–H and O–H groups in total. The second kappa shape index (κ2) is 7.22. The number of anilines is 1. The van der Waals surface area contributed by atoms with Crippen LogP contribution in [0, 0.1) is 5.92 Å². The van der Waals surface area contributed by atoms with Crippen molar-refractivity contribution in [3.8, 4) is 0 Å². The quantitative estimate of drug-likeness (QED) is 0.821. The van der Waals surface area contributed by atoms with Gasteiger partial charge in [0.05, 0.1) is 0 Å². The second-order valence-corrected chi connectivity index (χ2v) is 5.86. The number of allylic oxidation sites excluding steroid dienone is 1. The van der Waals surface area contributed by atoms with Crippen molar-refractivity contribution in [2.24, 2.45) is 5.92 Å². The highest BCUT2D eigenvalue weighted by Crippen LogP contribution is 2.24. The minimum atomic E-state index is -0.298. The van der Waals surface area contributed by atoms with Crippen molar-refractivity contribution in [2.45, 2.75) is 39.5 Å². The van der Waals surface area contributed by atoms with E-state index in [0.29, 0.717) is 36.2 Å². The Balaban J connectivity index is 2.14. The highest BCUT2D eigenvalue weighted by molar-refractivity contribution is 6.01. The number of ketones is 1. The zero-order valence-corrected chi connectivity index (χ0v) is 13.6. The van der Waals surface area contributed by atoms with E-state index in [2.05, 4.69) is 17.2 Å². The lowest BCUT2D eigenvalue weighted by Gasteiger charge is -2.23. The Morgan fingerprint density at radius 2 is 2.13 bits per heavy atom. The molecular weight excluding hydrogens is 292 g/mol. The van der Waals surface area contributed by atoms with Crippen LogP contribution in [0.25, 0.3) is 0 Å². The monoisotopic (exact) mass is 314 g/mol. The van der Waals surface area contributed by atoms with Crippen molar-refractivity contribution in [1.82, 2.24) is 5.32 Å². The number of carbonyl (C=O) groups excluding carboxylic acids is 3. The molecule has 2 rings (SSSR count). The van der Waals surface area contributed by atoms with Gasteiger partial charge in [-0.1, -0.05) is 13.5 Å². The Bertz CT molecular complexity index is 664. The molecule has 0 saturated carbocycles. The number of rotatable bonds is 5. The van der Waals surface area contributed by atoms with Gasteiger partial charge in [-0.15, -0.1) is 0 Å². The van der Waals surface area contributed by atoms with Gasteiger partial charge in [-0.2, -0.15) is 0 Å². The van der Waals surface area contributed by atoms with Gasteiger partial charge in [0.15, 0.2) is 5.78 Å². The molecule has 1 aliphatic rings. The van der Waals surface area contributed by atoms with E-state index >= 15 is 0 Å². The summed E-state index contributed by atoms with van der Waals surface area (Å²) in [7, 11) is 0. The number of hydrogen-bond donors (Lipinski definition) is 2. The van der Waals surface area contributed by atoms with E-state index in [4.69, 9.17) is 0 Å². The van der Waals surface area contributed by atoms with Gasteiger partial charge < -0.3 is 10.6 Å². The summed E-state index contributed by atoms with van der Waals surface area (Å²) in [5.41, 5.74) is 2.89. The summed E-state index contributed by atoms with van der Waals surface area (Å²) in [6.45, 7) is 7.15. The van der Waals surface area contributed by atoms with Crippen LogP contribution in [0.3, 0.4) is 0 Å². The van der Waals surface area contributed by atoms with Gasteiger partial charge >= 0.3 is 0 Å². The van der Waals surface area contributed by atoms with E-state index in [1.54, 1.807) is 12.1 Å². The van der Waals surface area contributed by atoms with Gasteiger partial charge in [-0.05, 0) is 43.0 Å². The Morgan fingerprint density at radius 3 is 2.74 bits per heavy atom. The zero-order chi connectivity index (χ0) is 17.0. The molecule has 1 saturated heterocycles. The maximum absolute atomic E-state index is 12.6. The topological polar surface area (TPSA) is 75.3 Å². The number of amides is 2. The predicted molar refractivity (Wildman–Crippen MR) is 89.1 cm³/mol. The lowest BCUT2D eigenvalue weighted by atomic mass is 9.88. The molecule has 1 aliphatic heterocycles. The van der Waals surface area contributed by atoms with E-state index in [9.17, 15) is 14.4 Å². The third-order valence-electron chi connectivity index (χ3n) is 4.00. The van der Waals surface area contributed by atoms with Gasteiger partial charge in [-0.25, -0.2) is 0 Å². The lowest BCUT2D eigenvalue weighted by molar-refractivity contribution is -0.125. The Labute approximate surface area is 136 Å². The number of hydrogen-bond acceptors (Lipinski definition) is 3. The van der Waals surface area contributed by atoms with Crippen LogP contribution >= 0.6 is 0 Å². The Morgan fingerprint density at radius 1 is 1.39 bits per heavy atom. The third-order valence-corrected chi connectivity index (χ3v) is 4.00. The van der Waals surface area contributed by atoms with Crippen LogP contribution in [0.2, 0.25) is 0 Å². The summed E-state index contributed by atoms with van der Waals surface area (Å²) in [6, 6.07) is 5.26. The van der Waals surface area contributed by atoms with Crippen LogP contribution in [0.5, 0.6) is 0 Å². The minimum absolute atomic E-state index is 0.0381. The van der Waals surface area contributed by atoms with Crippen molar-refractivity contribution in [3.63, 3.8) is 0 Å². The molecular formula is C18H22N2O3. The average Bonchev–Trinajstić information content (AvgIpc) is 2.49. The number of piperidine rings is 1. The van der Waals surface area contributed by atoms with Crippen LogP contribution in [0.1, 0.15) is 49.0 Å². The van der Waals surface area contributed by atoms with Gasteiger partial charge in [0.2, 0.25) is 11.8 Å². The van der Waals surface area contributed by atoms with Crippen LogP contribution in [-0.4, -0.2) is 17.6 Å². The molecule has 1 atom stereocenters. The van der Waals surface area contributed by atoms with Crippen LogP contribution in [-0.2, 0) is 16.0 Å². The summed E-state index contributed by atoms with van der Waals surface area (Å²) in [6.07, 6.45) is 2.25. The smallest absolute Gasteiger partial charge is 0.227 e. The third kappa shape index (κ3) is 4.28. The summed E-state index contributed by atoms with van der Waals surface area (Å²) < 4.78 is 0. The standard InChI is InChI=1S/C18H22N2O3/c1-4-13-9-15(20-12(3)21)7-8-16(13)17(22)10-14-6-5-11(2)19-18(14)23/h7-9,14H,2,4-6,10H2,1,3H3,(H,19,23)(H,20,21). The van der Waals surface area contributed by atoms with Crippen LogP contribution in [0.15, 0.2) is 30.5 Å². The summed E-state index contributed by atoms with van der Waals surface area (Å²) >= 11 is 0. The lowest BCUT2D eigenvalue weighted by Crippen LogP contribution is -2.35. The molecule has 0 spiro atoms. The SMILES string of the molecule is C=C1CCC(CC(=O)c2ccc(NC(C)=O)cc2CC)C(=O)N1. The van der Waals surface area contributed by atoms with Gasteiger partial charge in [0.25, 0.3) is 0 Å². The van der Waals surface area contributed by atoms with Crippen molar-refractivity contribution in [3.05, 3.63) is 41.6 Å². The maximum Gasteiger partial charge on any atom is 0.227 e. The summed E-state index contributed by atoms with van der Waals surface area (Å²) in [5.74, 6) is -0.607. The highest BCUT2D eigenvalue weighted by atomic mass is 16.2. The Hall–Kier alpha value is -2.43. The molecule has 1 heterocycles. The zero-order valence-electron chi connectivity index (χ0n) is 13.6. The molecule has 23 heavy (non-hydrogen) atoms. The highest BCUT2D eigenvalue weighted by Gasteiger charge is 2.27. The molecule has 0 radical (unpaired) electrons. The number of nitrogens with one attached hydrogen (secondary N) is 2. The molecule has 122 valence electrons. The first-order valence-corrected chi connectivity index (χ1v) is 7.83. The molecule has 0 aliphatic carbocycles. The van der Waals surface area contributed by atoms with Crippen molar-refractivity contribution < 1.29 is 14.4 Å². The maximum atomic E-state index is 12.6. The van der Waals surface area contributed by atoms with Crippen LogP contribution in [0.4, 0.5) is 5.69 Å². The van der Waals surface area contributed by atoms with Gasteiger partial charge in [0, 0.05) is 36.2 Å². The van der Waals surface area contributed by atoms with E-state index in [0.717, 1.165) is 5.56 Å². The van der Waals surface area contributed by atoms with E-state index < -0.39 is 0 Å². The molecule has 1 aromatic carbocycles. The predicted octanol–water partition coefficient (Wildman–Crippen LogP) is 2.82. The van der Waals surface area contributed by atoms with Crippen molar-refractivity contribution in [1.29, 1.82) is 0 Å². The summed E-state index contributed by atoms with van der Waals surface area (Å²) in [5, 5.41) is 5.43. The van der Waals surface area contributed by atoms with Crippen molar-refractivity contribution >= 4 is 23.3 Å². The molecule has 1 unspecified atom stereocenters.